The Hall–Kier alpha value is -2.00. The zero-order valence-corrected chi connectivity index (χ0v) is 10.7. The van der Waals surface area contributed by atoms with E-state index in [4.69, 9.17) is 4.74 Å². The number of imidazole rings is 1. The number of pyridine rings is 1. The summed E-state index contributed by atoms with van der Waals surface area (Å²) in [6, 6.07) is 13.9. The summed E-state index contributed by atoms with van der Waals surface area (Å²) >= 11 is 0. The highest BCUT2D eigenvalue weighted by atomic mass is 35.5. The molecule has 0 saturated carbocycles. The Morgan fingerprint density at radius 2 is 1.83 bits per heavy atom. The molecule has 0 aliphatic heterocycles. The van der Waals surface area contributed by atoms with Crippen molar-refractivity contribution in [2.45, 2.75) is 0 Å². The first-order valence-corrected chi connectivity index (χ1v) is 5.45. The van der Waals surface area contributed by atoms with Crippen molar-refractivity contribution < 1.29 is 4.74 Å². The normalized spacial score (nSPS) is 10.1. The molecular formula is C14H13ClN2O. The molecule has 0 spiro atoms. The second-order valence-corrected chi connectivity index (χ2v) is 3.82. The Kier molecular flexibility index (Phi) is 3.53. The topological polar surface area (TPSA) is 26.5 Å². The Balaban J connectivity index is 0.00000120. The first kappa shape index (κ1) is 12.5. The van der Waals surface area contributed by atoms with Gasteiger partial charge in [0.2, 0.25) is 0 Å². The molecule has 92 valence electrons. The number of rotatable bonds is 2. The van der Waals surface area contributed by atoms with Crippen LogP contribution in [0.25, 0.3) is 16.9 Å². The number of halogens is 1. The molecule has 3 nitrogen and oxygen atoms in total. The molecule has 1 aromatic carbocycles. The van der Waals surface area contributed by atoms with Crippen LogP contribution in [-0.4, -0.2) is 16.5 Å². The molecule has 0 N–H and O–H groups in total. The highest BCUT2D eigenvalue weighted by Gasteiger charge is 2.03. The number of methoxy groups -OCH3 is 1. The van der Waals surface area contributed by atoms with Gasteiger partial charge < -0.3 is 9.14 Å². The van der Waals surface area contributed by atoms with E-state index >= 15 is 0 Å². The molecule has 2 heterocycles. The van der Waals surface area contributed by atoms with Crippen LogP contribution in [0.1, 0.15) is 0 Å². The zero-order valence-electron chi connectivity index (χ0n) is 9.91. The summed E-state index contributed by atoms with van der Waals surface area (Å²) in [6.45, 7) is 0. The van der Waals surface area contributed by atoms with Gasteiger partial charge in [0, 0.05) is 18.0 Å². The summed E-state index contributed by atoms with van der Waals surface area (Å²) in [6.07, 6.45) is 4.02. The number of nitrogens with zero attached hydrogens (tertiary/aromatic N) is 2. The summed E-state index contributed by atoms with van der Waals surface area (Å²) in [4.78, 5) is 4.56. The monoisotopic (exact) mass is 260 g/mol. The Bertz CT molecular complexity index is 613. The van der Waals surface area contributed by atoms with E-state index in [9.17, 15) is 0 Å². The van der Waals surface area contributed by atoms with Crippen LogP contribution in [0.5, 0.6) is 5.75 Å². The number of fused-ring (bicyclic) bond motifs is 1. The molecule has 0 bridgehead atoms. The average Bonchev–Trinajstić information content (AvgIpc) is 2.82. The van der Waals surface area contributed by atoms with E-state index in [-0.39, 0.29) is 12.4 Å². The van der Waals surface area contributed by atoms with Crippen molar-refractivity contribution in [1.29, 1.82) is 0 Å². The van der Waals surface area contributed by atoms with Crippen LogP contribution >= 0.6 is 12.4 Å². The first-order valence-electron chi connectivity index (χ1n) is 5.45. The first-order chi connectivity index (χ1) is 8.36. The van der Waals surface area contributed by atoms with Crippen molar-refractivity contribution in [3.63, 3.8) is 0 Å². The van der Waals surface area contributed by atoms with Crippen molar-refractivity contribution in [2.24, 2.45) is 0 Å². The predicted octanol–water partition coefficient (Wildman–Crippen LogP) is 3.43. The second-order valence-electron chi connectivity index (χ2n) is 3.82. The average molecular weight is 261 g/mol. The van der Waals surface area contributed by atoms with Gasteiger partial charge in [-0.25, -0.2) is 4.98 Å². The zero-order chi connectivity index (χ0) is 11.7. The van der Waals surface area contributed by atoms with Gasteiger partial charge in [0.1, 0.15) is 11.4 Å². The van der Waals surface area contributed by atoms with Gasteiger partial charge in [-0.15, -0.1) is 12.4 Å². The van der Waals surface area contributed by atoms with E-state index < -0.39 is 0 Å². The Morgan fingerprint density at radius 1 is 1.06 bits per heavy atom. The molecule has 2 aromatic heterocycles. The van der Waals surface area contributed by atoms with Gasteiger partial charge in [-0.05, 0) is 36.4 Å². The standard InChI is InChI=1S/C14H12N2O.ClH/c1-17-12-7-5-11(6-8-12)13-10-16-9-3-2-4-14(16)15-13;/h2-10H,1H3;1H. The minimum Gasteiger partial charge on any atom is -0.497 e. The van der Waals surface area contributed by atoms with Gasteiger partial charge in [-0.1, -0.05) is 6.07 Å². The van der Waals surface area contributed by atoms with E-state index in [1.165, 1.54) is 0 Å². The lowest BCUT2D eigenvalue weighted by atomic mass is 10.2. The van der Waals surface area contributed by atoms with Gasteiger partial charge in [-0.3, -0.25) is 0 Å². The van der Waals surface area contributed by atoms with Crippen molar-refractivity contribution in [3.8, 4) is 17.0 Å². The molecule has 0 aliphatic carbocycles. The molecule has 0 aliphatic rings. The summed E-state index contributed by atoms with van der Waals surface area (Å²) in [7, 11) is 1.67. The van der Waals surface area contributed by atoms with Crippen LogP contribution in [0.3, 0.4) is 0 Å². The van der Waals surface area contributed by atoms with Crippen LogP contribution in [-0.2, 0) is 0 Å². The maximum absolute atomic E-state index is 5.14. The van der Waals surface area contributed by atoms with E-state index in [1.54, 1.807) is 7.11 Å². The van der Waals surface area contributed by atoms with Crippen LogP contribution in [0.15, 0.2) is 54.9 Å². The molecule has 0 radical (unpaired) electrons. The molecule has 3 aromatic rings. The number of aromatic nitrogens is 2. The van der Waals surface area contributed by atoms with Gasteiger partial charge >= 0.3 is 0 Å². The van der Waals surface area contributed by atoms with Crippen LogP contribution in [0.4, 0.5) is 0 Å². The second kappa shape index (κ2) is 5.10. The lowest BCUT2D eigenvalue weighted by molar-refractivity contribution is 0.415. The van der Waals surface area contributed by atoms with E-state index in [0.717, 1.165) is 22.7 Å². The van der Waals surface area contributed by atoms with E-state index in [1.807, 2.05) is 59.3 Å². The minimum absolute atomic E-state index is 0. The quantitative estimate of drug-likeness (QED) is 0.706. The largest absolute Gasteiger partial charge is 0.497 e. The van der Waals surface area contributed by atoms with Crippen LogP contribution < -0.4 is 4.74 Å². The minimum atomic E-state index is 0. The fourth-order valence-corrected chi connectivity index (χ4v) is 1.84. The van der Waals surface area contributed by atoms with Crippen molar-refractivity contribution in [2.75, 3.05) is 7.11 Å². The summed E-state index contributed by atoms with van der Waals surface area (Å²) < 4.78 is 7.15. The number of benzene rings is 1. The van der Waals surface area contributed by atoms with Crippen molar-refractivity contribution in [1.82, 2.24) is 9.38 Å². The summed E-state index contributed by atoms with van der Waals surface area (Å²) in [5.74, 6) is 0.859. The van der Waals surface area contributed by atoms with E-state index in [2.05, 4.69) is 4.98 Å². The molecule has 0 unspecified atom stereocenters. The molecule has 0 atom stereocenters. The fourth-order valence-electron chi connectivity index (χ4n) is 1.84. The van der Waals surface area contributed by atoms with Gasteiger partial charge in [-0.2, -0.15) is 0 Å². The van der Waals surface area contributed by atoms with Crippen molar-refractivity contribution in [3.05, 3.63) is 54.9 Å². The molecule has 4 heteroatoms. The third-order valence-corrected chi connectivity index (χ3v) is 2.75. The smallest absolute Gasteiger partial charge is 0.137 e. The molecule has 3 rings (SSSR count). The van der Waals surface area contributed by atoms with Gasteiger partial charge in [0.25, 0.3) is 0 Å². The highest BCUT2D eigenvalue weighted by Crippen LogP contribution is 2.21. The molecule has 0 amide bonds. The molecule has 0 saturated heterocycles. The number of ether oxygens (including phenoxy) is 1. The van der Waals surface area contributed by atoms with Crippen LogP contribution in [0, 0.1) is 0 Å². The van der Waals surface area contributed by atoms with Gasteiger partial charge in [0.05, 0.1) is 12.8 Å². The summed E-state index contributed by atoms with van der Waals surface area (Å²) in [5, 5.41) is 0. The van der Waals surface area contributed by atoms with Crippen LogP contribution in [0.2, 0.25) is 0 Å². The highest BCUT2D eigenvalue weighted by molar-refractivity contribution is 5.85. The maximum atomic E-state index is 5.14. The van der Waals surface area contributed by atoms with Crippen molar-refractivity contribution >= 4 is 18.1 Å². The lowest BCUT2D eigenvalue weighted by Gasteiger charge is -1.99. The molecule has 0 fully saturated rings. The van der Waals surface area contributed by atoms with Gasteiger partial charge in [0.15, 0.2) is 0 Å². The number of hydrogen-bond acceptors (Lipinski definition) is 2. The predicted molar refractivity (Wildman–Crippen MR) is 74.4 cm³/mol. The number of hydrogen-bond donors (Lipinski definition) is 0. The summed E-state index contributed by atoms with van der Waals surface area (Å²) in [5.41, 5.74) is 3.02. The third kappa shape index (κ3) is 2.17. The SMILES string of the molecule is COc1ccc(-c2cn3ccccc3n2)cc1.Cl. The molecule has 18 heavy (non-hydrogen) atoms. The van der Waals surface area contributed by atoms with E-state index in [0.29, 0.717) is 0 Å². The Morgan fingerprint density at radius 3 is 2.50 bits per heavy atom. The molecular weight excluding hydrogens is 248 g/mol. The fraction of sp³-hybridized carbons (Fsp3) is 0.0714. The maximum Gasteiger partial charge on any atom is 0.137 e. The lowest BCUT2D eigenvalue weighted by Crippen LogP contribution is -1.82. The Labute approximate surface area is 111 Å². The third-order valence-electron chi connectivity index (χ3n) is 2.75.